The van der Waals surface area contributed by atoms with Crippen molar-refractivity contribution in [3.8, 4) is 16.9 Å². The van der Waals surface area contributed by atoms with Gasteiger partial charge in [-0.05, 0) is 73.4 Å². The van der Waals surface area contributed by atoms with Crippen molar-refractivity contribution in [1.82, 2.24) is 5.32 Å². The Kier molecular flexibility index (Phi) is 7.99. The first-order chi connectivity index (χ1) is 18.3. The van der Waals surface area contributed by atoms with Gasteiger partial charge >= 0.3 is 0 Å². The number of fused-ring (bicyclic) bond motifs is 1. The summed E-state index contributed by atoms with van der Waals surface area (Å²) in [7, 11) is -4.09. The average Bonchev–Trinajstić information content (AvgIpc) is 2.88. The molecule has 7 nitrogen and oxygen atoms in total. The maximum Gasteiger partial charge on any atom is 0.264 e. The van der Waals surface area contributed by atoms with Crippen molar-refractivity contribution in [3.05, 3.63) is 77.9 Å². The summed E-state index contributed by atoms with van der Waals surface area (Å²) in [6, 6.07) is 14.3. The third-order valence-electron chi connectivity index (χ3n) is 6.55. The van der Waals surface area contributed by atoms with E-state index in [0.29, 0.717) is 5.56 Å². The van der Waals surface area contributed by atoms with Crippen LogP contribution in [0.1, 0.15) is 45.6 Å². The van der Waals surface area contributed by atoms with Gasteiger partial charge in [-0.2, -0.15) is 0 Å². The number of hydrogen-bond donors (Lipinski definition) is 2. The fourth-order valence-electron chi connectivity index (χ4n) is 4.30. The van der Waals surface area contributed by atoms with E-state index in [-0.39, 0.29) is 47.3 Å². The minimum atomic E-state index is -4.09. The number of halogens is 2. The third-order valence-corrected chi connectivity index (χ3v) is 8.33. The molecule has 2 N–H and O–H groups in total. The summed E-state index contributed by atoms with van der Waals surface area (Å²) >= 11 is 0. The van der Waals surface area contributed by atoms with E-state index in [1.54, 1.807) is 18.2 Å². The summed E-state index contributed by atoms with van der Waals surface area (Å²) in [4.78, 5) is 12.2. The van der Waals surface area contributed by atoms with Gasteiger partial charge in [-0.1, -0.05) is 32.0 Å². The summed E-state index contributed by atoms with van der Waals surface area (Å²) in [6.45, 7) is 6.74. The maximum absolute atomic E-state index is 14.6. The van der Waals surface area contributed by atoms with Gasteiger partial charge in [0, 0.05) is 18.5 Å². The highest BCUT2D eigenvalue weighted by molar-refractivity contribution is 7.92. The van der Waals surface area contributed by atoms with Crippen LogP contribution in [0, 0.1) is 11.6 Å². The number of amides is 1. The van der Waals surface area contributed by atoms with Crippen LogP contribution in [-0.2, 0) is 14.8 Å². The van der Waals surface area contributed by atoms with Crippen molar-refractivity contribution < 1.29 is 31.8 Å². The fraction of sp³-hybridized carbons (Fsp3) is 0.345. The molecule has 0 spiro atoms. The van der Waals surface area contributed by atoms with Crippen LogP contribution < -0.4 is 14.4 Å². The second-order valence-corrected chi connectivity index (χ2v) is 12.3. The number of benzene rings is 3. The highest BCUT2D eigenvalue weighted by Gasteiger charge is 2.35. The first-order valence-corrected chi connectivity index (χ1v) is 14.1. The van der Waals surface area contributed by atoms with Crippen LogP contribution in [0.15, 0.2) is 65.6 Å². The van der Waals surface area contributed by atoms with Gasteiger partial charge in [0.2, 0.25) is 0 Å². The van der Waals surface area contributed by atoms with Gasteiger partial charge in [0.15, 0.2) is 0 Å². The van der Waals surface area contributed by atoms with Crippen LogP contribution in [-0.4, -0.2) is 44.2 Å². The van der Waals surface area contributed by atoms with Crippen molar-refractivity contribution in [2.24, 2.45) is 0 Å². The zero-order chi connectivity index (χ0) is 28.5. The highest BCUT2D eigenvalue weighted by atomic mass is 32.2. The van der Waals surface area contributed by atoms with E-state index in [4.69, 9.17) is 4.74 Å². The number of ether oxygens (including phenoxy) is 1. The lowest BCUT2D eigenvalue weighted by molar-refractivity contribution is -0.136. The Bertz CT molecular complexity index is 1490. The fourth-order valence-corrected chi connectivity index (χ4v) is 5.85. The zero-order valence-corrected chi connectivity index (χ0v) is 23.1. The molecule has 0 bridgehead atoms. The van der Waals surface area contributed by atoms with E-state index in [9.17, 15) is 27.1 Å². The van der Waals surface area contributed by atoms with Crippen molar-refractivity contribution in [3.63, 3.8) is 0 Å². The molecule has 39 heavy (non-hydrogen) atoms. The Morgan fingerprint density at radius 1 is 1.13 bits per heavy atom. The quantitative estimate of drug-likeness (QED) is 0.406. The number of sulfonamides is 1. The Labute approximate surface area is 227 Å². The summed E-state index contributed by atoms with van der Waals surface area (Å²) in [5.74, 6) is -1.47. The largest absolute Gasteiger partial charge is 0.486 e. The van der Waals surface area contributed by atoms with Crippen LogP contribution in [0.2, 0.25) is 0 Å². The molecule has 0 saturated heterocycles. The molecule has 1 amide bonds. The van der Waals surface area contributed by atoms with E-state index >= 15 is 0 Å². The smallest absolute Gasteiger partial charge is 0.264 e. The Morgan fingerprint density at radius 3 is 2.56 bits per heavy atom. The standard InChI is InChI=1S/C29H32F2N2O5S/c1-18(2)19-6-5-7-23(14-19)39(36,37)33-17-22(12-13-32-28(34)29(3,4)35)38-27-11-8-20(15-26(27)33)24-16-21(30)9-10-25(24)31/h5-11,14-16,18,22,35H,12-13,17H2,1-4H3,(H,32,34)/t22-/m0/s1. The van der Waals surface area contributed by atoms with Gasteiger partial charge in [-0.25, -0.2) is 17.2 Å². The number of nitrogens with one attached hydrogen (secondary N) is 1. The third kappa shape index (κ3) is 6.23. The van der Waals surface area contributed by atoms with Crippen molar-refractivity contribution in [1.29, 1.82) is 0 Å². The number of carbonyl (C=O) groups excluding carboxylic acids is 1. The molecular weight excluding hydrogens is 526 g/mol. The highest BCUT2D eigenvalue weighted by Crippen LogP contribution is 2.41. The van der Waals surface area contributed by atoms with Crippen molar-refractivity contribution >= 4 is 21.6 Å². The zero-order valence-electron chi connectivity index (χ0n) is 22.2. The van der Waals surface area contributed by atoms with E-state index in [2.05, 4.69) is 5.32 Å². The molecule has 10 heteroatoms. The molecule has 0 unspecified atom stereocenters. The van der Waals surface area contributed by atoms with Gasteiger partial charge in [0.1, 0.15) is 29.1 Å². The molecule has 3 aromatic carbocycles. The molecule has 1 atom stereocenters. The Morgan fingerprint density at radius 2 is 1.87 bits per heavy atom. The van der Waals surface area contributed by atoms with E-state index in [1.807, 2.05) is 19.9 Å². The summed E-state index contributed by atoms with van der Waals surface area (Å²) in [5.41, 5.74) is -0.219. The minimum absolute atomic E-state index is 0.00610. The van der Waals surface area contributed by atoms with E-state index < -0.39 is 39.3 Å². The van der Waals surface area contributed by atoms with Crippen LogP contribution in [0.5, 0.6) is 5.75 Å². The SMILES string of the molecule is CC(C)c1cccc(S(=O)(=O)N2C[C@H](CCNC(=O)C(C)(C)O)Oc3ccc(-c4cc(F)ccc4F)cc32)c1. The van der Waals surface area contributed by atoms with Gasteiger partial charge < -0.3 is 15.2 Å². The van der Waals surface area contributed by atoms with E-state index in [1.165, 1.54) is 36.4 Å². The van der Waals surface area contributed by atoms with Crippen LogP contribution >= 0.6 is 0 Å². The first kappa shape index (κ1) is 28.5. The molecule has 1 heterocycles. The lowest BCUT2D eigenvalue weighted by Gasteiger charge is -2.36. The lowest BCUT2D eigenvalue weighted by atomic mass is 10.0. The molecular formula is C29H32F2N2O5S. The number of aliphatic hydroxyl groups is 1. The summed E-state index contributed by atoms with van der Waals surface area (Å²) in [6.07, 6.45) is -0.362. The number of nitrogens with zero attached hydrogens (tertiary/aromatic N) is 1. The monoisotopic (exact) mass is 558 g/mol. The number of carbonyl (C=O) groups is 1. The Balaban J connectivity index is 1.73. The molecule has 0 saturated carbocycles. The van der Waals surface area contributed by atoms with Crippen LogP contribution in [0.25, 0.3) is 11.1 Å². The molecule has 0 radical (unpaired) electrons. The predicted octanol–water partition coefficient (Wildman–Crippen LogP) is 4.99. The number of anilines is 1. The molecule has 1 aliphatic rings. The van der Waals surface area contributed by atoms with Crippen LogP contribution in [0.3, 0.4) is 0 Å². The van der Waals surface area contributed by atoms with Gasteiger partial charge in [0.25, 0.3) is 15.9 Å². The molecule has 208 valence electrons. The average molecular weight is 559 g/mol. The van der Waals surface area contributed by atoms with Crippen LogP contribution in [0.4, 0.5) is 14.5 Å². The number of hydrogen-bond acceptors (Lipinski definition) is 5. The minimum Gasteiger partial charge on any atom is -0.486 e. The van der Waals surface area contributed by atoms with Gasteiger partial charge in [-0.3, -0.25) is 9.10 Å². The van der Waals surface area contributed by atoms with Crippen molar-refractivity contribution in [2.45, 2.75) is 56.6 Å². The molecule has 0 aromatic heterocycles. The predicted molar refractivity (Wildman–Crippen MR) is 145 cm³/mol. The summed E-state index contributed by atoms with van der Waals surface area (Å²) in [5, 5.41) is 12.5. The second-order valence-electron chi connectivity index (χ2n) is 10.4. The topological polar surface area (TPSA) is 95.9 Å². The van der Waals surface area contributed by atoms with Gasteiger partial charge in [-0.15, -0.1) is 0 Å². The maximum atomic E-state index is 14.6. The lowest BCUT2D eigenvalue weighted by Crippen LogP contribution is -2.46. The molecule has 0 fully saturated rings. The molecule has 1 aliphatic heterocycles. The molecule has 0 aliphatic carbocycles. The number of rotatable bonds is 8. The normalized spacial score (nSPS) is 15.6. The van der Waals surface area contributed by atoms with Gasteiger partial charge in [0.05, 0.1) is 17.1 Å². The summed E-state index contributed by atoms with van der Waals surface area (Å²) < 4.78 is 63.8. The van der Waals surface area contributed by atoms with Crippen molar-refractivity contribution in [2.75, 3.05) is 17.4 Å². The second kappa shape index (κ2) is 10.9. The molecule has 4 rings (SSSR count). The Hall–Kier alpha value is -3.50. The molecule has 3 aromatic rings. The first-order valence-electron chi connectivity index (χ1n) is 12.7. The van der Waals surface area contributed by atoms with E-state index in [0.717, 1.165) is 23.8 Å².